The number of carbonyl (C=O) groups is 1. The summed E-state index contributed by atoms with van der Waals surface area (Å²) in [5.41, 5.74) is 0.690. The number of ether oxygens (including phenoxy) is 1. The van der Waals surface area contributed by atoms with Crippen molar-refractivity contribution in [3.05, 3.63) is 36.4 Å². The van der Waals surface area contributed by atoms with Crippen molar-refractivity contribution in [1.29, 1.82) is 0 Å². The highest BCUT2D eigenvalue weighted by molar-refractivity contribution is 5.78. The van der Waals surface area contributed by atoms with E-state index in [9.17, 15) is 22.4 Å². The normalized spacial score (nSPS) is 15.7. The summed E-state index contributed by atoms with van der Waals surface area (Å²) in [6, 6.07) is 4.80. The van der Waals surface area contributed by atoms with Gasteiger partial charge in [0.25, 0.3) is 0 Å². The molecule has 0 bridgehead atoms. The third-order valence-corrected chi connectivity index (χ3v) is 4.50. The lowest BCUT2D eigenvalue weighted by Crippen LogP contribution is -2.36. The lowest BCUT2D eigenvalue weighted by Gasteiger charge is -2.31. The zero-order valence-electron chi connectivity index (χ0n) is 14.5. The number of piperidine rings is 1. The van der Waals surface area contributed by atoms with Crippen LogP contribution in [0.5, 0.6) is 5.75 Å². The summed E-state index contributed by atoms with van der Waals surface area (Å²) in [4.78, 5) is 21.8. The minimum Gasteiger partial charge on any atom is -0.403 e. The second kappa shape index (κ2) is 7.50. The molecule has 5 nitrogen and oxygen atoms in total. The van der Waals surface area contributed by atoms with Gasteiger partial charge in [0.15, 0.2) is 11.6 Å². The Morgan fingerprint density at radius 3 is 2.48 bits per heavy atom. The van der Waals surface area contributed by atoms with Gasteiger partial charge in [-0.3, -0.25) is 4.79 Å². The zero-order chi connectivity index (χ0) is 19.6. The average molecular weight is 383 g/mol. The predicted molar refractivity (Wildman–Crippen MR) is 89.7 cm³/mol. The van der Waals surface area contributed by atoms with Crippen molar-refractivity contribution in [2.45, 2.75) is 26.1 Å². The van der Waals surface area contributed by atoms with Crippen LogP contribution in [-0.2, 0) is 4.79 Å². The van der Waals surface area contributed by atoms with Gasteiger partial charge >= 0.3 is 6.36 Å². The number of hydrogen-bond acceptors (Lipinski definition) is 5. The molecule has 1 saturated heterocycles. The van der Waals surface area contributed by atoms with Crippen molar-refractivity contribution in [2.24, 2.45) is 5.92 Å². The number of ketones is 1. The highest BCUT2D eigenvalue weighted by Crippen LogP contribution is 2.30. The van der Waals surface area contributed by atoms with E-state index >= 15 is 0 Å². The van der Waals surface area contributed by atoms with Crippen LogP contribution in [0.3, 0.4) is 0 Å². The van der Waals surface area contributed by atoms with Crippen LogP contribution >= 0.6 is 0 Å². The molecule has 0 radical (unpaired) electrons. The summed E-state index contributed by atoms with van der Waals surface area (Å²) in [5, 5.41) is 0. The zero-order valence-corrected chi connectivity index (χ0v) is 14.5. The molecule has 2 heterocycles. The van der Waals surface area contributed by atoms with Gasteiger partial charge in [-0.05, 0) is 38.0 Å². The third kappa shape index (κ3) is 4.72. The van der Waals surface area contributed by atoms with Gasteiger partial charge < -0.3 is 9.64 Å². The molecule has 0 aliphatic carbocycles. The van der Waals surface area contributed by atoms with Crippen molar-refractivity contribution in [2.75, 3.05) is 18.0 Å². The van der Waals surface area contributed by atoms with Gasteiger partial charge in [-0.15, -0.1) is 13.2 Å². The summed E-state index contributed by atoms with van der Waals surface area (Å²) in [7, 11) is 0. The minimum absolute atomic E-state index is 0.0535. The highest BCUT2D eigenvalue weighted by atomic mass is 19.4. The smallest absolute Gasteiger partial charge is 0.403 e. The maximum atomic E-state index is 13.9. The number of rotatable bonds is 4. The molecule has 1 fully saturated rings. The molecular formula is C18H17F4N3O2. The summed E-state index contributed by atoms with van der Waals surface area (Å²) in [5.74, 6) is -1.18. The predicted octanol–water partition coefficient (Wildman–Crippen LogP) is 3.99. The van der Waals surface area contributed by atoms with Crippen molar-refractivity contribution < 1.29 is 27.1 Å². The first-order valence-corrected chi connectivity index (χ1v) is 8.36. The first-order chi connectivity index (χ1) is 12.7. The van der Waals surface area contributed by atoms with E-state index < -0.39 is 17.9 Å². The van der Waals surface area contributed by atoms with Crippen LogP contribution in [0.2, 0.25) is 0 Å². The fourth-order valence-electron chi connectivity index (χ4n) is 3.06. The number of anilines is 1. The molecule has 144 valence electrons. The number of alkyl halides is 3. The fraction of sp³-hybridized carbons (Fsp3) is 0.389. The second-order valence-corrected chi connectivity index (χ2v) is 6.33. The van der Waals surface area contributed by atoms with Gasteiger partial charge in [0, 0.05) is 30.6 Å². The number of Topliss-reactive ketones (excluding diaryl/α,β-unsaturated/α-hetero) is 1. The molecule has 3 rings (SSSR count). The molecule has 1 aliphatic rings. The monoisotopic (exact) mass is 383 g/mol. The summed E-state index contributed by atoms with van der Waals surface area (Å²) in [6.45, 7) is 2.91. The Morgan fingerprint density at radius 1 is 1.19 bits per heavy atom. The topological polar surface area (TPSA) is 55.3 Å². The largest absolute Gasteiger partial charge is 0.573 e. The molecule has 0 unspecified atom stereocenters. The Morgan fingerprint density at radius 2 is 1.89 bits per heavy atom. The molecule has 0 N–H and O–H groups in total. The molecule has 0 spiro atoms. The number of benzene rings is 1. The van der Waals surface area contributed by atoms with E-state index in [0.29, 0.717) is 30.2 Å². The van der Waals surface area contributed by atoms with Crippen LogP contribution in [0.25, 0.3) is 11.3 Å². The summed E-state index contributed by atoms with van der Waals surface area (Å²) in [6.07, 6.45) is -2.18. The van der Waals surface area contributed by atoms with Crippen molar-refractivity contribution in [3.63, 3.8) is 0 Å². The Bertz CT molecular complexity index is 834. The Labute approximate surface area is 153 Å². The number of aromatic nitrogens is 2. The standard InChI is InChI=1S/C18H17F4N3O2/c1-11(26)12-4-6-25(7-5-12)17-9-15(23-10-24-17)13-2-3-16(14(19)8-13)27-18(20,21)22/h2-3,8-10,12H,4-7H2,1H3. The van der Waals surface area contributed by atoms with E-state index in [2.05, 4.69) is 14.7 Å². The molecule has 27 heavy (non-hydrogen) atoms. The number of halogens is 4. The van der Waals surface area contributed by atoms with Gasteiger partial charge in [-0.2, -0.15) is 0 Å². The maximum Gasteiger partial charge on any atom is 0.573 e. The van der Waals surface area contributed by atoms with E-state index in [0.717, 1.165) is 25.0 Å². The van der Waals surface area contributed by atoms with Crippen molar-refractivity contribution in [1.82, 2.24) is 9.97 Å². The van der Waals surface area contributed by atoms with E-state index in [1.54, 1.807) is 13.0 Å². The molecule has 9 heteroatoms. The quantitative estimate of drug-likeness (QED) is 0.748. The minimum atomic E-state index is -4.96. The molecule has 0 saturated carbocycles. The van der Waals surface area contributed by atoms with Crippen LogP contribution in [-0.4, -0.2) is 35.2 Å². The molecule has 1 aromatic heterocycles. The fourth-order valence-corrected chi connectivity index (χ4v) is 3.06. The lowest BCUT2D eigenvalue weighted by molar-refractivity contribution is -0.275. The van der Waals surface area contributed by atoms with Gasteiger partial charge in [0.2, 0.25) is 0 Å². The van der Waals surface area contributed by atoms with E-state index in [1.807, 2.05) is 4.90 Å². The molecular weight excluding hydrogens is 366 g/mol. The van der Waals surface area contributed by atoms with Crippen LogP contribution in [0.15, 0.2) is 30.6 Å². The summed E-state index contributed by atoms with van der Waals surface area (Å²) >= 11 is 0. The lowest BCUT2D eigenvalue weighted by atomic mass is 9.93. The van der Waals surface area contributed by atoms with Crippen LogP contribution < -0.4 is 9.64 Å². The van der Waals surface area contributed by atoms with E-state index in [4.69, 9.17) is 0 Å². The first-order valence-electron chi connectivity index (χ1n) is 8.36. The number of nitrogens with zero attached hydrogens (tertiary/aromatic N) is 3. The maximum absolute atomic E-state index is 13.9. The van der Waals surface area contributed by atoms with Crippen LogP contribution in [0, 0.1) is 11.7 Å². The second-order valence-electron chi connectivity index (χ2n) is 6.33. The molecule has 0 amide bonds. The van der Waals surface area contributed by atoms with Crippen molar-refractivity contribution in [3.8, 4) is 17.0 Å². The van der Waals surface area contributed by atoms with Crippen LogP contribution in [0.4, 0.5) is 23.4 Å². The van der Waals surface area contributed by atoms with Gasteiger partial charge in [0.05, 0.1) is 5.69 Å². The van der Waals surface area contributed by atoms with E-state index in [-0.39, 0.29) is 11.7 Å². The molecule has 2 aromatic rings. The van der Waals surface area contributed by atoms with Crippen molar-refractivity contribution >= 4 is 11.6 Å². The van der Waals surface area contributed by atoms with Gasteiger partial charge in [-0.1, -0.05) is 0 Å². The number of hydrogen-bond donors (Lipinski definition) is 0. The van der Waals surface area contributed by atoms with Gasteiger partial charge in [-0.25, -0.2) is 14.4 Å². The first kappa shape index (κ1) is 19.1. The molecule has 0 atom stereocenters. The number of carbonyl (C=O) groups excluding carboxylic acids is 1. The SMILES string of the molecule is CC(=O)C1CCN(c2cc(-c3ccc(OC(F)(F)F)c(F)c3)ncn2)CC1. The average Bonchev–Trinajstić information content (AvgIpc) is 2.62. The molecule has 1 aliphatic heterocycles. The van der Waals surface area contributed by atoms with Gasteiger partial charge in [0.1, 0.15) is 17.9 Å². The Balaban J connectivity index is 1.78. The van der Waals surface area contributed by atoms with Crippen LogP contribution in [0.1, 0.15) is 19.8 Å². The summed E-state index contributed by atoms with van der Waals surface area (Å²) < 4.78 is 54.3. The molecule has 1 aromatic carbocycles. The Hall–Kier alpha value is -2.71. The highest BCUT2D eigenvalue weighted by Gasteiger charge is 2.32. The van der Waals surface area contributed by atoms with E-state index in [1.165, 1.54) is 12.4 Å². The Kier molecular flexibility index (Phi) is 5.29. The third-order valence-electron chi connectivity index (χ3n) is 4.50.